The van der Waals surface area contributed by atoms with Gasteiger partial charge in [0.2, 0.25) is 0 Å². The van der Waals surface area contributed by atoms with Crippen LogP contribution in [0.1, 0.15) is 16.8 Å². The van der Waals surface area contributed by atoms with Gasteiger partial charge in [0.1, 0.15) is 11.6 Å². The van der Waals surface area contributed by atoms with Crippen LogP contribution in [0.15, 0.2) is 12.1 Å². The summed E-state index contributed by atoms with van der Waals surface area (Å²) < 4.78 is 31.8. The molecule has 1 fully saturated rings. The third-order valence-electron chi connectivity index (χ3n) is 2.52. The van der Waals surface area contributed by atoms with Crippen LogP contribution >= 0.6 is 22.6 Å². The number of hydrogen-bond acceptors (Lipinski definition) is 2. The van der Waals surface area contributed by atoms with Crippen LogP contribution in [0.2, 0.25) is 0 Å². The molecule has 0 aliphatic carbocycles. The van der Waals surface area contributed by atoms with Crippen molar-refractivity contribution in [1.29, 1.82) is 0 Å². The number of carbonyl (C=O) groups excluding carboxylic acids is 1. The number of halogens is 3. The molecule has 1 unspecified atom stereocenters. The lowest BCUT2D eigenvalue weighted by Crippen LogP contribution is -2.35. The molecule has 3 nitrogen and oxygen atoms in total. The van der Waals surface area contributed by atoms with E-state index in [1.165, 1.54) is 6.07 Å². The molecule has 1 atom stereocenters. The lowest BCUT2D eigenvalue weighted by molar-refractivity contribution is 0.0925. The molecule has 0 radical (unpaired) electrons. The largest absolute Gasteiger partial charge is 0.379 e. The first kappa shape index (κ1) is 12.7. The van der Waals surface area contributed by atoms with Gasteiger partial charge in [-0.3, -0.25) is 4.79 Å². The highest BCUT2D eigenvalue weighted by Gasteiger charge is 2.21. The van der Waals surface area contributed by atoms with Crippen LogP contribution in [-0.4, -0.2) is 25.2 Å². The summed E-state index contributed by atoms with van der Waals surface area (Å²) in [5, 5.41) is 2.65. The van der Waals surface area contributed by atoms with Crippen molar-refractivity contribution in [2.45, 2.75) is 12.5 Å². The van der Waals surface area contributed by atoms with Gasteiger partial charge in [0, 0.05) is 16.2 Å². The standard InChI is InChI=1S/C11H10F2INO2/c12-8-4-9(13)10(14)3-7(8)11(16)15-6-1-2-17-5-6/h3-4,6H,1-2,5H2,(H,15,16). The maximum atomic E-state index is 13.4. The number of amides is 1. The van der Waals surface area contributed by atoms with E-state index < -0.39 is 17.5 Å². The SMILES string of the molecule is O=C(NC1CCOC1)c1cc(I)c(F)cc1F. The van der Waals surface area contributed by atoms with E-state index in [1.54, 1.807) is 22.6 Å². The van der Waals surface area contributed by atoms with Gasteiger partial charge in [-0.05, 0) is 35.1 Å². The first-order chi connectivity index (χ1) is 8.08. The van der Waals surface area contributed by atoms with E-state index in [9.17, 15) is 13.6 Å². The lowest BCUT2D eigenvalue weighted by Gasteiger charge is -2.11. The fourth-order valence-corrected chi connectivity index (χ4v) is 2.08. The van der Waals surface area contributed by atoms with Gasteiger partial charge >= 0.3 is 0 Å². The highest BCUT2D eigenvalue weighted by molar-refractivity contribution is 14.1. The second-order valence-electron chi connectivity index (χ2n) is 3.78. The van der Waals surface area contributed by atoms with E-state index in [0.29, 0.717) is 19.6 Å². The Labute approximate surface area is 111 Å². The van der Waals surface area contributed by atoms with Crippen molar-refractivity contribution in [1.82, 2.24) is 5.32 Å². The molecule has 1 aliphatic rings. The summed E-state index contributed by atoms with van der Waals surface area (Å²) >= 11 is 1.72. The van der Waals surface area contributed by atoms with Crippen molar-refractivity contribution >= 4 is 28.5 Å². The topological polar surface area (TPSA) is 38.3 Å². The molecule has 17 heavy (non-hydrogen) atoms. The Kier molecular flexibility index (Phi) is 3.93. The van der Waals surface area contributed by atoms with E-state index in [2.05, 4.69) is 5.32 Å². The Morgan fingerprint density at radius 1 is 1.41 bits per heavy atom. The third-order valence-corrected chi connectivity index (χ3v) is 3.35. The van der Waals surface area contributed by atoms with Crippen LogP contribution in [0.5, 0.6) is 0 Å². The summed E-state index contributed by atoms with van der Waals surface area (Å²) in [4.78, 5) is 11.8. The summed E-state index contributed by atoms with van der Waals surface area (Å²) in [6.45, 7) is 1.03. The molecule has 6 heteroatoms. The summed E-state index contributed by atoms with van der Waals surface area (Å²) in [7, 11) is 0. The number of benzene rings is 1. The zero-order valence-electron chi connectivity index (χ0n) is 8.80. The highest BCUT2D eigenvalue weighted by Crippen LogP contribution is 2.17. The smallest absolute Gasteiger partial charge is 0.254 e. The third kappa shape index (κ3) is 2.92. The second kappa shape index (κ2) is 5.26. The minimum Gasteiger partial charge on any atom is -0.379 e. The number of ether oxygens (including phenoxy) is 1. The molecular weight excluding hydrogens is 343 g/mol. The molecule has 0 saturated carbocycles. The van der Waals surface area contributed by atoms with Gasteiger partial charge in [0.15, 0.2) is 0 Å². The van der Waals surface area contributed by atoms with Crippen LogP contribution in [0.25, 0.3) is 0 Å². The number of nitrogens with one attached hydrogen (secondary N) is 1. The molecule has 1 aromatic rings. The lowest BCUT2D eigenvalue weighted by atomic mass is 10.1. The Morgan fingerprint density at radius 3 is 2.82 bits per heavy atom. The van der Waals surface area contributed by atoms with Crippen molar-refractivity contribution < 1.29 is 18.3 Å². The van der Waals surface area contributed by atoms with Gasteiger partial charge in [-0.25, -0.2) is 8.78 Å². The normalized spacial score (nSPS) is 19.4. The van der Waals surface area contributed by atoms with Gasteiger partial charge in [-0.15, -0.1) is 0 Å². The quantitative estimate of drug-likeness (QED) is 0.653. The Bertz CT molecular complexity index is 447. The summed E-state index contributed by atoms with van der Waals surface area (Å²) in [6.07, 6.45) is 0.714. The van der Waals surface area contributed by atoms with E-state index in [-0.39, 0.29) is 15.2 Å². The first-order valence-electron chi connectivity index (χ1n) is 5.11. The van der Waals surface area contributed by atoms with Gasteiger partial charge in [0.05, 0.1) is 18.2 Å². The molecule has 0 bridgehead atoms. The highest BCUT2D eigenvalue weighted by atomic mass is 127. The number of hydrogen-bond donors (Lipinski definition) is 1. The van der Waals surface area contributed by atoms with E-state index in [1.807, 2.05) is 0 Å². The van der Waals surface area contributed by atoms with Gasteiger partial charge in [0.25, 0.3) is 5.91 Å². The molecular formula is C11H10F2INO2. The molecule has 1 aliphatic heterocycles. The van der Waals surface area contributed by atoms with Gasteiger partial charge < -0.3 is 10.1 Å². The minimum atomic E-state index is -0.848. The van der Waals surface area contributed by atoms with E-state index in [4.69, 9.17) is 4.74 Å². The molecule has 2 rings (SSSR count). The number of rotatable bonds is 2. The second-order valence-corrected chi connectivity index (χ2v) is 4.94. The maximum absolute atomic E-state index is 13.4. The Morgan fingerprint density at radius 2 is 2.18 bits per heavy atom. The molecule has 1 heterocycles. The molecule has 0 spiro atoms. The summed E-state index contributed by atoms with van der Waals surface area (Å²) in [6, 6.07) is 1.84. The van der Waals surface area contributed by atoms with Crippen molar-refractivity contribution in [3.63, 3.8) is 0 Å². The summed E-state index contributed by atoms with van der Waals surface area (Å²) in [5.41, 5.74) is -0.136. The average molecular weight is 353 g/mol. The predicted molar refractivity (Wildman–Crippen MR) is 65.8 cm³/mol. The molecule has 1 saturated heterocycles. The Hall–Kier alpha value is -0.760. The van der Waals surface area contributed by atoms with Crippen LogP contribution in [-0.2, 0) is 4.74 Å². The molecule has 1 aromatic carbocycles. The summed E-state index contributed by atoms with van der Waals surface area (Å²) in [5.74, 6) is -2.04. The Balaban J connectivity index is 2.15. The fraction of sp³-hybridized carbons (Fsp3) is 0.364. The molecule has 92 valence electrons. The minimum absolute atomic E-state index is 0.0929. The molecule has 1 N–H and O–H groups in total. The van der Waals surface area contributed by atoms with Crippen molar-refractivity contribution in [2.24, 2.45) is 0 Å². The van der Waals surface area contributed by atoms with Gasteiger partial charge in [-0.1, -0.05) is 0 Å². The van der Waals surface area contributed by atoms with Crippen molar-refractivity contribution in [3.8, 4) is 0 Å². The van der Waals surface area contributed by atoms with Crippen LogP contribution in [0, 0.1) is 15.2 Å². The van der Waals surface area contributed by atoms with Crippen LogP contribution in [0.4, 0.5) is 8.78 Å². The fourth-order valence-electron chi connectivity index (χ4n) is 1.61. The zero-order valence-corrected chi connectivity index (χ0v) is 11.0. The van der Waals surface area contributed by atoms with Crippen LogP contribution < -0.4 is 5.32 Å². The van der Waals surface area contributed by atoms with Gasteiger partial charge in [-0.2, -0.15) is 0 Å². The zero-order chi connectivity index (χ0) is 12.4. The number of carbonyl (C=O) groups is 1. The first-order valence-corrected chi connectivity index (χ1v) is 6.19. The molecule has 1 amide bonds. The van der Waals surface area contributed by atoms with Crippen LogP contribution in [0.3, 0.4) is 0 Å². The molecule has 0 aromatic heterocycles. The van der Waals surface area contributed by atoms with E-state index in [0.717, 1.165) is 6.07 Å². The van der Waals surface area contributed by atoms with Crippen molar-refractivity contribution in [3.05, 3.63) is 32.9 Å². The van der Waals surface area contributed by atoms with Crippen molar-refractivity contribution in [2.75, 3.05) is 13.2 Å². The maximum Gasteiger partial charge on any atom is 0.254 e. The van der Waals surface area contributed by atoms with E-state index >= 15 is 0 Å². The predicted octanol–water partition coefficient (Wildman–Crippen LogP) is 2.09. The monoisotopic (exact) mass is 353 g/mol. The average Bonchev–Trinajstić information content (AvgIpc) is 2.76.